The van der Waals surface area contributed by atoms with Crippen molar-refractivity contribution in [3.63, 3.8) is 0 Å². The van der Waals surface area contributed by atoms with Crippen molar-refractivity contribution in [1.29, 1.82) is 0 Å². The maximum absolute atomic E-state index is 11.6. The summed E-state index contributed by atoms with van der Waals surface area (Å²) in [5.74, 6) is -0.749. The number of rotatable bonds is 9. The van der Waals surface area contributed by atoms with Crippen LogP contribution in [-0.4, -0.2) is 29.1 Å². The van der Waals surface area contributed by atoms with Gasteiger partial charge in [-0.3, -0.25) is 9.59 Å². The molecule has 1 N–H and O–H groups in total. The fourth-order valence-electron chi connectivity index (χ4n) is 2.04. The van der Waals surface area contributed by atoms with Crippen LogP contribution < -0.4 is 0 Å². The summed E-state index contributed by atoms with van der Waals surface area (Å²) < 4.78 is 4.71. The molecule has 0 aromatic heterocycles. The van der Waals surface area contributed by atoms with Crippen molar-refractivity contribution in [1.82, 2.24) is 0 Å². The normalized spacial score (nSPS) is 11.3. The van der Waals surface area contributed by atoms with Crippen LogP contribution in [0.15, 0.2) is 0 Å². The predicted molar refractivity (Wildman–Crippen MR) is 65.6 cm³/mol. The first kappa shape index (κ1) is 16.1. The minimum atomic E-state index is -0.951. The predicted octanol–water partition coefficient (Wildman–Crippen LogP) is 2.23. The molecule has 4 nitrogen and oxygen atoms in total. The van der Waals surface area contributed by atoms with Gasteiger partial charge in [0.05, 0.1) is 12.2 Å². The monoisotopic (exact) mass is 244 g/mol. The van der Waals surface area contributed by atoms with Crippen LogP contribution in [-0.2, 0) is 14.3 Å². The van der Waals surface area contributed by atoms with Crippen molar-refractivity contribution in [2.45, 2.75) is 64.9 Å². The zero-order valence-electron chi connectivity index (χ0n) is 11.1. The lowest BCUT2D eigenvalue weighted by Gasteiger charge is -2.26. The van der Waals surface area contributed by atoms with E-state index >= 15 is 0 Å². The zero-order chi connectivity index (χ0) is 13.3. The fraction of sp³-hybridized carbons (Fsp3) is 0.846. The summed E-state index contributed by atoms with van der Waals surface area (Å²) in [7, 11) is 0. The molecule has 0 amide bonds. The minimum absolute atomic E-state index is 0.0491. The fourth-order valence-corrected chi connectivity index (χ4v) is 2.04. The Morgan fingerprint density at radius 3 is 2.06 bits per heavy atom. The van der Waals surface area contributed by atoms with Crippen LogP contribution in [0.25, 0.3) is 0 Å². The maximum Gasteiger partial charge on any atom is 0.313 e. The van der Waals surface area contributed by atoms with Crippen molar-refractivity contribution in [2.75, 3.05) is 6.61 Å². The Morgan fingerprint density at radius 1 is 1.12 bits per heavy atom. The third kappa shape index (κ3) is 7.10. The molecule has 0 fully saturated rings. The summed E-state index contributed by atoms with van der Waals surface area (Å²) in [6.45, 7) is 5.92. The molecule has 17 heavy (non-hydrogen) atoms. The average molecular weight is 244 g/mol. The number of hydrogen-bond acceptors (Lipinski definition) is 4. The summed E-state index contributed by atoms with van der Waals surface area (Å²) in [6, 6.07) is 0. The second-order valence-electron chi connectivity index (χ2n) is 4.42. The summed E-state index contributed by atoms with van der Waals surface area (Å²) in [4.78, 5) is 22.8. The van der Waals surface area contributed by atoms with Crippen LogP contribution in [0.4, 0.5) is 0 Å². The van der Waals surface area contributed by atoms with E-state index in [1.807, 2.05) is 13.8 Å². The summed E-state index contributed by atoms with van der Waals surface area (Å²) in [6.07, 6.45) is 2.65. The Kier molecular flexibility index (Phi) is 7.79. The zero-order valence-corrected chi connectivity index (χ0v) is 11.1. The van der Waals surface area contributed by atoms with Gasteiger partial charge in [0.15, 0.2) is 0 Å². The van der Waals surface area contributed by atoms with Gasteiger partial charge in [0, 0.05) is 6.42 Å². The quantitative estimate of drug-likeness (QED) is 0.499. The molecule has 0 heterocycles. The molecule has 0 unspecified atom stereocenters. The van der Waals surface area contributed by atoms with Gasteiger partial charge in [-0.25, -0.2) is 0 Å². The Labute approximate surface area is 103 Å². The van der Waals surface area contributed by atoms with Gasteiger partial charge in [0.2, 0.25) is 0 Å². The highest BCUT2D eigenvalue weighted by Gasteiger charge is 2.28. The van der Waals surface area contributed by atoms with Gasteiger partial charge in [0.25, 0.3) is 0 Å². The van der Waals surface area contributed by atoms with Gasteiger partial charge in [-0.1, -0.05) is 26.7 Å². The van der Waals surface area contributed by atoms with E-state index < -0.39 is 11.6 Å². The average Bonchev–Trinajstić information content (AvgIpc) is 2.17. The number of Topliss-reactive ketones (excluding diaryl/α,β-unsaturated/α-hetero) is 1. The van der Waals surface area contributed by atoms with Gasteiger partial charge in [0.1, 0.15) is 12.2 Å². The van der Waals surface area contributed by atoms with Crippen LogP contribution in [0.3, 0.4) is 0 Å². The van der Waals surface area contributed by atoms with Gasteiger partial charge in [-0.15, -0.1) is 0 Å². The van der Waals surface area contributed by atoms with Crippen molar-refractivity contribution in [2.24, 2.45) is 0 Å². The largest absolute Gasteiger partial charge is 0.466 e. The molecule has 0 rings (SSSR count). The number of carbonyl (C=O) groups excluding carboxylic acids is 2. The molecule has 0 aromatic carbocycles. The molecule has 0 aromatic rings. The highest BCUT2D eigenvalue weighted by Crippen LogP contribution is 2.24. The first-order valence-electron chi connectivity index (χ1n) is 6.37. The molecular formula is C13H24O4. The number of aliphatic hydroxyl groups is 1. The summed E-state index contributed by atoms with van der Waals surface area (Å²) in [5, 5.41) is 10.3. The van der Waals surface area contributed by atoms with E-state index in [4.69, 9.17) is 4.74 Å². The molecule has 0 aliphatic carbocycles. The first-order valence-corrected chi connectivity index (χ1v) is 6.37. The first-order chi connectivity index (χ1) is 7.97. The minimum Gasteiger partial charge on any atom is -0.466 e. The molecule has 4 heteroatoms. The smallest absolute Gasteiger partial charge is 0.313 e. The third-order valence-corrected chi connectivity index (χ3v) is 2.60. The van der Waals surface area contributed by atoms with E-state index in [-0.39, 0.29) is 25.2 Å². The van der Waals surface area contributed by atoms with Crippen molar-refractivity contribution in [3.8, 4) is 0 Å². The Morgan fingerprint density at radius 2 is 1.65 bits per heavy atom. The van der Waals surface area contributed by atoms with E-state index in [1.165, 1.54) is 0 Å². The van der Waals surface area contributed by atoms with E-state index in [2.05, 4.69) is 0 Å². The molecule has 0 radical (unpaired) electrons. The van der Waals surface area contributed by atoms with Crippen LogP contribution in [0.5, 0.6) is 0 Å². The van der Waals surface area contributed by atoms with Crippen LogP contribution in [0.1, 0.15) is 59.3 Å². The van der Waals surface area contributed by atoms with Crippen molar-refractivity contribution in [3.05, 3.63) is 0 Å². The maximum atomic E-state index is 11.6. The number of hydrogen-bond donors (Lipinski definition) is 1. The van der Waals surface area contributed by atoms with Crippen molar-refractivity contribution < 1.29 is 19.4 Å². The van der Waals surface area contributed by atoms with E-state index in [9.17, 15) is 14.7 Å². The Hall–Kier alpha value is -0.900. The van der Waals surface area contributed by atoms with E-state index in [0.29, 0.717) is 12.8 Å². The lowest BCUT2D eigenvalue weighted by atomic mass is 9.87. The Balaban J connectivity index is 4.25. The number of esters is 1. The standard InChI is InChI=1S/C13H24O4/c1-4-7-13(16,8-5-2)10-11(14)9-12(15)17-6-3/h16H,4-10H2,1-3H3. The topological polar surface area (TPSA) is 63.6 Å². The summed E-state index contributed by atoms with van der Waals surface area (Å²) >= 11 is 0. The molecular weight excluding hydrogens is 220 g/mol. The molecule has 0 aliphatic rings. The van der Waals surface area contributed by atoms with Crippen LogP contribution >= 0.6 is 0 Å². The molecule has 0 saturated heterocycles. The second kappa shape index (κ2) is 8.23. The number of ketones is 1. The molecule has 0 spiro atoms. The lowest BCUT2D eigenvalue weighted by molar-refractivity contribution is -0.146. The summed E-state index contributed by atoms with van der Waals surface area (Å²) in [5.41, 5.74) is -0.951. The third-order valence-electron chi connectivity index (χ3n) is 2.60. The lowest BCUT2D eigenvalue weighted by Crippen LogP contribution is -2.32. The van der Waals surface area contributed by atoms with E-state index in [1.54, 1.807) is 6.92 Å². The van der Waals surface area contributed by atoms with Gasteiger partial charge >= 0.3 is 5.97 Å². The van der Waals surface area contributed by atoms with Crippen molar-refractivity contribution >= 4 is 11.8 Å². The highest BCUT2D eigenvalue weighted by atomic mass is 16.5. The number of ether oxygens (including phenoxy) is 1. The van der Waals surface area contributed by atoms with Crippen LogP contribution in [0, 0.1) is 0 Å². The second-order valence-corrected chi connectivity index (χ2v) is 4.42. The van der Waals surface area contributed by atoms with Gasteiger partial charge in [-0.2, -0.15) is 0 Å². The molecule has 0 aliphatic heterocycles. The SMILES string of the molecule is CCCC(O)(CCC)CC(=O)CC(=O)OCC. The number of carbonyl (C=O) groups is 2. The van der Waals surface area contributed by atoms with Gasteiger partial charge < -0.3 is 9.84 Å². The van der Waals surface area contributed by atoms with Crippen LogP contribution in [0.2, 0.25) is 0 Å². The highest BCUT2D eigenvalue weighted by molar-refractivity contribution is 5.95. The van der Waals surface area contributed by atoms with E-state index in [0.717, 1.165) is 12.8 Å². The molecule has 0 bridgehead atoms. The van der Waals surface area contributed by atoms with Gasteiger partial charge in [-0.05, 0) is 19.8 Å². The molecule has 0 atom stereocenters. The molecule has 0 saturated carbocycles. The Bertz CT molecular complexity index is 242. The molecule has 100 valence electrons.